The van der Waals surface area contributed by atoms with Gasteiger partial charge in [-0.2, -0.15) is 0 Å². The van der Waals surface area contributed by atoms with Crippen molar-refractivity contribution in [3.05, 3.63) is 70.7 Å². The van der Waals surface area contributed by atoms with E-state index in [0.717, 1.165) is 5.56 Å². The van der Waals surface area contributed by atoms with Crippen molar-refractivity contribution < 1.29 is 23.5 Å². The highest BCUT2D eigenvalue weighted by atomic mass is 16.6. The number of aromatic nitrogens is 1. The number of nitrogens with zero attached hydrogens (tertiary/aromatic N) is 3. The van der Waals surface area contributed by atoms with Gasteiger partial charge in [0.2, 0.25) is 0 Å². The Morgan fingerprint density at radius 2 is 1.71 bits per heavy atom. The fourth-order valence-corrected chi connectivity index (χ4v) is 4.14. The topological polar surface area (TPSA) is 94.2 Å². The molecule has 0 radical (unpaired) electrons. The molecule has 2 heterocycles. The van der Waals surface area contributed by atoms with E-state index in [9.17, 15) is 14.4 Å². The molecule has 1 fully saturated rings. The SMILES string of the molecule is CC(C)(C)OC(=O)N1CCN(C(=O)OCc2ccccc2)C[C@H]1CCn1c(=O)oc2ccccc21. The van der Waals surface area contributed by atoms with Gasteiger partial charge in [-0.3, -0.25) is 4.57 Å². The summed E-state index contributed by atoms with van der Waals surface area (Å²) in [5, 5.41) is 0. The molecule has 1 aliphatic rings. The minimum Gasteiger partial charge on any atom is -0.445 e. The number of hydrogen-bond acceptors (Lipinski definition) is 6. The third-order valence-corrected chi connectivity index (χ3v) is 5.83. The van der Waals surface area contributed by atoms with Crippen LogP contribution in [0.15, 0.2) is 63.8 Å². The van der Waals surface area contributed by atoms with E-state index in [4.69, 9.17) is 13.9 Å². The maximum Gasteiger partial charge on any atom is 0.419 e. The predicted octanol–water partition coefficient (Wildman–Crippen LogP) is 4.24. The molecule has 0 aliphatic carbocycles. The van der Waals surface area contributed by atoms with Crippen molar-refractivity contribution >= 4 is 23.3 Å². The highest BCUT2D eigenvalue weighted by Gasteiger charge is 2.35. The van der Waals surface area contributed by atoms with Crippen molar-refractivity contribution in [2.24, 2.45) is 0 Å². The highest BCUT2D eigenvalue weighted by molar-refractivity contribution is 5.73. The number of ether oxygens (including phenoxy) is 2. The Bertz CT molecular complexity index is 1230. The summed E-state index contributed by atoms with van der Waals surface area (Å²) in [7, 11) is 0. The number of rotatable bonds is 5. The molecule has 1 aliphatic heterocycles. The van der Waals surface area contributed by atoms with E-state index in [1.807, 2.05) is 63.2 Å². The minimum atomic E-state index is -0.648. The first-order chi connectivity index (χ1) is 16.7. The lowest BCUT2D eigenvalue weighted by Gasteiger charge is -2.41. The number of oxazole rings is 1. The first-order valence-corrected chi connectivity index (χ1v) is 11.7. The average molecular weight is 482 g/mol. The molecule has 0 unspecified atom stereocenters. The number of benzene rings is 2. The number of piperazine rings is 1. The van der Waals surface area contributed by atoms with E-state index in [1.165, 1.54) is 0 Å². The molecule has 0 spiro atoms. The van der Waals surface area contributed by atoms with E-state index in [-0.39, 0.29) is 19.2 Å². The normalized spacial score (nSPS) is 16.4. The molecule has 1 saturated heterocycles. The van der Waals surface area contributed by atoms with Crippen LogP contribution >= 0.6 is 0 Å². The van der Waals surface area contributed by atoms with Gasteiger partial charge in [0.15, 0.2) is 5.58 Å². The Kier molecular flexibility index (Phi) is 7.14. The molecule has 9 heteroatoms. The number of aryl methyl sites for hydroxylation is 1. The van der Waals surface area contributed by atoms with Gasteiger partial charge in [-0.1, -0.05) is 42.5 Å². The van der Waals surface area contributed by atoms with Gasteiger partial charge in [-0.05, 0) is 44.9 Å². The van der Waals surface area contributed by atoms with Crippen molar-refractivity contribution in [1.82, 2.24) is 14.4 Å². The third kappa shape index (κ3) is 6.03. The zero-order chi connectivity index (χ0) is 25.0. The van der Waals surface area contributed by atoms with Crippen LogP contribution in [0.2, 0.25) is 0 Å². The van der Waals surface area contributed by atoms with Gasteiger partial charge in [-0.15, -0.1) is 0 Å². The summed E-state index contributed by atoms with van der Waals surface area (Å²) in [6, 6.07) is 16.3. The summed E-state index contributed by atoms with van der Waals surface area (Å²) in [6.07, 6.45) is -0.441. The van der Waals surface area contributed by atoms with Crippen molar-refractivity contribution in [2.45, 2.75) is 52.0 Å². The summed E-state index contributed by atoms with van der Waals surface area (Å²) < 4.78 is 18.0. The molecule has 1 aromatic heterocycles. The number of carbonyl (C=O) groups excluding carboxylic acids is 2. The van der Waals surface area contributed by atoms with Crippen LogP contribution in [-0.2, 0) is 22.6 Å². The zero-order valence-corrected chi connectivity index (χ0v) is 20.3. The van der Waals surface area contributed by atoms with Gasteiger partial charge in [0.05, 0.1) is 11.6 Å². The predicted molar refractivity (Wildman–Crippen MR) is 130 cm³/mol. The first kappa shape index (κ1) is 24.4. The monoisotopic (exact) mass is 481 g/mol. The van der Waals surface area contributed by atoms with Crippen LogP contribution in [0.3, 0.4) is 0 Å². The molecule has 186 valence electrons. The molecular formula is C26H31N3O6. The Hall–Kier alpha value is -3.75. The van der Waals surface area contributed by atoms with Crippen molar-refractivity contribution in [3.8, 4) is 0 Å². The van der Waals surface area contributed by atoms with Crippen LogP contribution in [0.4, 0.5) is 9.59 Å². The molecule has 2 aromatic carbocycles. The second-order valence-corrected chi connectivity index (χ2v) is 9.59. The molecule has 0 N–H and O–H groups in total. The van der Waals surface area contributed by atoms with E-state index >= 15 is 0 Å². The van der Waals surface area contributed by atoms with Crippen LogP contribution in [0, 0.1) is 0 Å². The van der Waals surface area contributed by atoms with Crippen LogP contribution in [0.1, 0.15) is 32.8 Å². The lowest BCUT2D eigenvalue weighted by molar-refractivity contribution is -0.00502. The second-order valence-electron chi connectivity index (χ2n) is 9.59. The van der Waals surface area contributed by atoms with E-state index in [2.05, 4.69) is 0 Å². The smallest absolute Gasteiger partial charge is 0.419 e. The summed E-state index contributed by atoms with van der Waals surface area (Å²) in [5.41, 5.74) is 1.45. The molecular weight excluding hydrogens is 450 g/mol. The van der Waals surface area contributed by atoms with Gasteiger partial charge >= 0.3 is 17.9 Å². The van der Waals surface area contributed by atoms with Crippen LogP contribution in [0.5, 0.6) is 0 Å². The number of carbonyl (C=O) groups is 2. The summed E-state index contributed by atoms with van der Waals surface area (Å²) >= 11 is 0. The number of fused-ring (bicyclic) bond motifs is 1. The zero-order valence-electron chi connectivity index (χ0n) is 20.3. The average Bonchev–Trinajstić information content (AvgIpc) is 3.15. The van der Waals surface area contributed by atoms with Gasteiger partial charge in [-0.25, -0.2) is 14.4 Å². The molecule has 2 amide bonds. The first-order valence-electron chi connectivity index (χ1n) is 11.7. The molecule has 0 bridgehead atoms. The van der Waals surface area contributed by atoms with Gasteiger partial charge in [0, 0.05) is 26.2 Å². The van der Waals surface area contributed by atoms with Gasteiger partial charge in [0.1, 0.15) is 12.2 Å². The van der Waals surface area contributed by atoms with Crippen molar-refractivity contribution in [1.29, 1.82) is 0 Å². The molecule has 4 rings (SSSR count). The Labute approximate surface area is 203 Å². The molecule has 1 atom stereocenters. The molecule has 0 saturated carbocycles. The van der Waals surface area contributed by atoms with E-state index < -0.39 is 23.5 Å². The van der Waals surface area contributed by atoms with E-state index in [0.29, 0.717) is 37.2 Å². The van der Waals surface area contributed by atoms with Crippen LogP contribution in [0.25, 0.3) is 11.1 Å². The largest absolute Gasteiger partial charge is 0.445 e. The van der Waals surface area contributed by atoms with Crippen molar-refractivity contribution in [2.75, 3.05) is 19.6 Å². The number of amides is 2. The van der Waals surface area contributed by atoms with Crippen LogP contribution in [-0.4, -0.2) is 57.8 Å². The van der Waals surface area contributed by atoms with Crippen LogP contribution < -0.4 is 5.76 Å². The summed E-state index contributed by atoms with van der Waals surface area (Å²) in [5.74, 6) is -0.454. The lowest BCUT2D eigenvalue weighted by Crippen LogP contribution is -2.57. The molecule has 9 nitrogen and oxygen atoms in total. The standard InChI is InChI=1S/C26H31N3O6/c1-26(2,3)35-25(32)28-16-15-27(23(30)33-18-19-9-5-4-6-10-19)17-20(28)13-14-29-21-11-7-8-12-22(21)34-24(29)31/h4-12,20H,13-18H2,1-3H3/t20-/m1/s1. The van der Waals surface area contributed by atoms with Gasteiger partial charge in [0.25, 0.3) is 0 Å². The number of hydrogen-bond donors (Lipinski definition) is 0. The fourth-order valence-electron chi connectivity index (χ4n) is 4.14. The quantitative estimate of drug-likeness (QED) is 0.541. The Morgan fingerprint density at radius 3 is 2.46 bits per heavy atom. The highest BCUT2D eigenvalue weighted by Crippen LogP contribution is 2.20. The fraction of sp³-hybridized carbons (Fsp3) is 0.423. The van der Waals surface area contributed by atoms with Gasteiger partial charge < -0.3 is 23.7 Å². The molecule has 35 heavy (non-hydrogen) atoms. The Morgan fingerprint density at radius 1 is 1.00 bits per heavy atom. The second kappa shape index (κ2) is 10.2. The van der Waals surface area contributed by atoms with E-state index in [1.54, 1.807) is 26.5 Å². The Balaban J connectivity index is 1.47. The third-order valence-electron chi connectivity index (χ3n) is 5.83. The number of para-hydroxylation sites is 2. The molecule has 3 aromatic rings. The maximum absolute atomic E-state index is 12.9. The summed E-state index contributed by atoms with van der Waals surface area (Å²) in [4.78, 5) is 41.4. The minimum absolute atomic E-state index is 0.174. The summed E-state index contributed by atoms with van der Waals surface area (Å²) in [6.45, 7) is 6.85. The lowest BCUT2D eigenvalue weighted by atomic mass is 10.1. The van der Waals surface area contributed by atoms with Crippen molar-refractivity contribution in [3.63, 3.8) is 0 Å². The maximum atomic E-state index is 12.9.